The molecule has 0 atom stereocenters. The number of rotatable bonds is 6. The molecular formula is C14H21N3. The second kappa shape index (κ2) is 5.82. The van der Waals surface area contributed by atoms with Gasteiger partial charge in [-0.3, -0.25) is 0 Å². The van der Waals surface area contributed by atoms with E-state index in [-0.39, 0.29) is 0 Å². The molecule has 1 heterocycles. The van der Waals surface area contributed by atoms with Gasteiger partial charge in [-0.1, -0.05) is 31.9 Å². The molecule has 0 aliphatic carbocycles. The Labute approximate surface area is 103 Å². The lowest BCUT2D eigenvalue weighted by molar-refractivity contribution is 0.594. The van der Waals surface area contributed by atoms with Gasteiger partial charge in [0.1, 0.15) is 5.82 Å². The fraction of sp³-hybridized carbons (Fsp3) is 0.500. The molecule has 0 aliphatic heterocycles. The molecule has 1 aromatic heterocycles. The molecule has 17 heavy (non-hydrogen) atoms. The van der Waals surface area contributed by atoms with Crippen molar-refractivity contribution in [2.75, 3.05) is 6.54 Å². The number of aromatic nitrogens is 2. The number of nitrogens with one attached hydrogen (secondary N) is 1. The van der Waals surface area contributed by atoms with Crippen molar-refractivity contribution in [1.29, 1.82) is 0 Å². The van der Waals surface area contributed by atoms with Crippen LogP contribution < -0.4 is 5.32 Å². The lowest BCUT2D eigenvalue weighted by Crippen LogP contribution is -2.17. The van der Waals surface area contributed by atoms with Crippen molar-refractivity contribution < 1.29 is 0 Å². The number of nitrogens with zero attached hydrogens (tertiary/aromatic N) is 2. The Hall–Kier alpha value is -1.35. The maximum absolute atomic E-state index is 4.63. The highest BCUT2D eigenvalue weighted by Crippen LogP contribution is 2.13. The zero-order valence-electron chi connectivity index (χ0n) is 10.7. The van der Waals surface area contributed by atoms with Gasteiger partial charge in [-0.25, -0.2) is 4.98 Å². The number of aryl methyl sites for hydroxylation is 1. The van der Waals surface area contributed by atoms with Crippen LogP contribution in [0.3, 0.4) is 0 Å². The summed E-state index contributed by atoms with van der Waals surface area (Å²) in [5.74, 6) is 1.11. The van der Waals surface area contributed by atoms with Crippen LogP contribution in [0.5, 0.6) is 0 Å². The van der Waals surface area contributed by atoms with Crippen LogP contribution in [-0.2, 0) is 13.6 Å². The molecule has 1 aromatic carbocycles. The van der Waals surface area contributed by atoms with Gasteiger partial charge < -0.3 is 9.88 Å². The fourth-order valence-electron chi connectivity index (χ4n) is 2.05. The van der Waals surface area contributed by atoms with Gasteiger partial charge in [0.15, 0.2) is 0 Å². The molecule has 2 rings (SSSR count). The average Bonchev–Trinajstić information content (AvgIpc) is 2.67. The lowest BCUT2D eigenvalue weighted by Gasteiger charge is -2.04. The smallest absolute Gasteiger partial charge is 0.123 e. The van der Waals surface area contributed by atoms with Crippen molar-refractivity contribution in [3.8, 4) is 0 Å². The summed E-state index contributed by atoms with van der Waals surface area (Å²) < 4.78 is 2.17. The molecule has 0 saturated carbocycles. The van der Waals surface area contributed by atoms with E-state index in [1.807, 2.05) is 6.07 Å². The molecule has 2 aromatic rings. The van der Waals surface area contributed by atoms with Crippen LogP contribution in [0.25, 0.3) is 11.0 Å². The van der Waals surface area contributed by atoms with Crippen molar-refractivity contribution >= 4 is 11.0 Å². The highest BCUT2D eigenvalue weighted by molar-refractivity contribution is 5.75. The van der Waals surface area contributed by atoms with Crippen LogP contribution in [0.2, 0.25) is 0 Å². The first-order chi connectivity index (χ1) is 8.33. The van der Waals surface area contributed by atoms with Crippen LogP contribution in [0, 0.1) is 0 Å². The minimum absolute atomic E-state index is 0.856. The van der Waals surface area contributed by atoms with E-state index in [0.717, 1.165) is 24.4 Å². The predicted molar refractivity (Wildman–Crippen MR) is 71.9 cm³/mol. The average molecular weight is 231 g/mol. The Morgan fingerprint density at radius 2 is 2.06 bits per heavy atom. The first-order valence-electron chi connectivity index (χ1n) is 6.44. The molecular weight excluding hydrogens is 210 g/mol. The Balaban J connectivity index is 1.97. The minimum Gasteiger partial charge on any atom is -0.330 e. The van der Waals surface area contributed by atoms with Crippen molar-refractivity contribution in [2.24, 2.45) is 7.05 Å². The standard InChI is InChI=1S/C14H21N3/c1-3-4-7-10-15-11-14-16-12-8-5-6-9-13(12)17(14)2/h5-6,8-9,15H,3-4,7,10-11H2,1-2H3. The van der Waals surface area contributed by atoms with Crippen molar-refractivity contribution in [1.82, 2.24) is 14.9 Å². The molecule has 0 bridgehead atoms. The number of imidazole rings is 1. The predicted octanol–water partition coefficient (Wildman–Crippen LogP) is 2.85. The van der Waals surface area contributed by atoms with E-state index in [0.29, 0.717) is 0 Å². The zero-order valence-corrected chi connectivity index (χ0v) is 10.7. The summed E-state index contributed by atoms with van der Waals surface area (Å²) in [5, 5.41) is 3.45. The largest absolute Gasteiger partial charge is 0.330 e. The zero-order chi connectivity index (χ0) is 12.1. The second-order valence-electron chi connectivity index (χ2n) is 4.46. The SMILES string of the molecule is CCCCCNCc1nc2ccccc2n1C. The summed E-state index contributed by atoms with van der Waals surface area (Å²) in [6, 6.07) is 8.27. The molecule has 3 nitrogen and oxygen atoms in total. The topological polar surface area (TPSA) is 29.9 Å². The van der Waals surface area contributed by atoms with Crippen LogP contribution in [0.15, 0.2) is 24.3 Å². The molecule has 0 saturated heterocycles. The first kappa shape index (κ1) is 12.1. The van der Waals surface area contributed by atoms with E-state index in [1.165, 1.54) is 24.8 Å². The number of fused-ring (bicyclic) bond motifs is 1. The molecule has 3 heteroatoms. The molecule has 0 amide bonds. The molecule has 0 unspecified atom stereocenters. The minimum atomic E-state index is 0.856. The van der Waals surface area contributed by atoms with Crippen LogP contribution >= 0.6 is 0 Å². The highest BCUT2D eigenvalue weighted by Gasteiger charge is 2.05. The summed E-state index contributed by atoms with van der Waals surface area (Å²) in [7, 11) is 2.08. The van der Waals surface area contributed by atoms with Gasteiger partial charge in [-0.05, 0) is 25.1 Å². The van der Waals surface area contributed by atoms with Gasteiger partial charge in [-0.15, -0.1) is 0 Å². The molecule has 0 radical (unpaired) electrons. The van der Waals surface area contributed by atoms with E-state index in [4.69, 9.17) is 0 Å². The van der Waals surface area contributed by atoms with Gasteiger partial charge >= 0.3 is 0 Å². The third-order valence-electron chi connectivity index (χ3n) is 3.12. The molecule has 92 valence electrons. The van der Waals surface area contributed by atoms with Gasteiger partial charge in [0, 0.05) is 7.05 Å². The summed E-state index contributed by atoms with van der Waals surface area (Å²) in [5.41, 5.74) is 2.29. The van der Waals surface area contributed by atoms with E-state index in [9.17, 15) is 0 Å². The van der Waals surface area contributed by atoms with Gasteiger partial charge in [0.05, 0.1) is 17.6 Å². The molecule has 1 N–H and O–H groups in total. The Bertz CT molecular complexity index is 473. The molecule has 0 aliphatic rings. The van der Waals surface area contributed by atoms with Crippen molar-refractivity contribution in [3.05, 3.63) is 30.1 Å². The van der Waals surface area contributed by atoms with Crippen LogP contribution in [0.1, 0.15) is 32.0 Å². The number of para-hydroxylation sites is 2. The Morgan fingerprint density at radius 3 is 2.82 bits per heavy atom. The molecule has 0 spiro atoms. The summed E-state index contributed by atoms with van der Waals surface area (Å²) in [6.45, 7) is 4.16. The van der Waals surface area contributed by atoms with Crippen molar-refractivity contribution in [3.63, 3.8) is 0 Å². The summed E-state index contributed by atoms with van der Waals surface area (Å²) in [4.78, 5) is 4.63. The van der Waals surface area contributed by atoms with Gasteiger partial charge in [0.2, 0.25) is 0 Å². The van der Waals surface area contributed by atoms with E-state index in [1.54, 1.807) is 0 Å². The quantitative estimate of drug-likeness (QED) is 0.775. The lowest BCUT2D eigenvalue weighted by atomic mass is 10.2. The number of hydrogen-bond donors (Lipinski definition) is 1. The molecule has 0 fully saturated rings. The first-order valence-corrected chi connectivity index (χ1v) is 6.44. The van der Waals surface area contributed by atoms with Gasteiger partial charge in [-0.2, -0.15) is 0 Å². The Morgan fingerprint density at radius 1 is 1.24 bits per heavy atom. The van der Waals surface area contributed by atoms with E-state index >= 15 is 0 Å². The van der Waals surface area contributed by atoms with Crippen LogP contribution in [-0.4, -0.2) is 16.1 Å². The highest BCUT2D eigenvalue weighted by atomic mass is 15.1. The number of unbranched alkanes of at least 4 members (excludes halogenated alkanes) is 2. The fourth-order valence-corrected chi connectivity index (χ4v) is 2.05. The number of hydrogen-bond acceptors (Lipinski definition) is 2. The monoisotopic (exact) mass is 231 g/mol. The second-order valence-corrected chi connectivity index (χ2v) is 4.46. The third kappa shape index (κ3) is 2.86. The number of benzene rings is 1. The van der Waals surface area contributed by atoms with Crippen molar-refractivity contribution in [2.45, 2.75) is 32.7 Å². The third-order valence-corrected chi connectivity index (χ3v) is 3.12. The maximum Gasteiger partial charge on any atom is 0.123 e. The summed E-state index contributed by atoms with van der Waals surface area (Å²) >= 11 is 0. The maximum atomic E-state index is 4.63. The van der Waals surface area contributed by atoms with E-state index < -0.39 is 0 Å². The normalized spacial score (nSPS) is 11.2. The summed E-state index contributed by atoms with van der Waals surface area (Å²) in [6.07, 6.45) is 3.82. The van der Waals surface area contributed by atoms with Gasteiger partial charge in [0.25, 0.3) is 0 Å². The Kier molecular flexibility index (Phi) is 4.15. The van der Waals surface area contributed by atoms with Crippen LogP contribution in [0.4, 0.5) is 0 Å². The van der Waals surface area contributed by atoms with E-state index in [2.05, 4.69) is 47.0 Å².